The van der Waals surface area contributed by atoms with Crippen LogP contribution in [-0.2, 0) is 0 Å². The average molecular weight is 207 g/mol. The highest BCUT2D eigenvalue weighted by atomic mass is 15.3. The van der Waals surface area contributed by atoms with Crippen LogP contribution in [-0.4, -0.2) is 16.0 Å². The molecule has 1 heterocycles. The molecule has 5 nitrogen and oxygen atoms in total. The molecule has 1 aliphatic rings. The van der Waals surface area contributed by atoms with E-state index < -0.39 is 0 Å². The summed E-state index contributed by atoms with van der Waals surface area (Å²) in [5.41, 5.74) is 2.49. The Morgan fingerprint density at radius 1 is 1.13 bits per heavy atom. The van der Waals surface area contributed by atoms with Gasteiger partial charge in [0, 0.05) is 6.04 Å². The second kappa shape index (κ2) is 4.93. The molecule has 0 aromatic carbocycles. The maximum absolute atomic E-state index is 5.27. The van der Waals surface area contributed by atoms with E-state index in [0.29, 0.717) is 11.9 Å². The lowest BCUT2D eigenvalue weighted by molar-refractivity contribution is 0.462. The van der Waals surface area contributed by atoms with Crippen LogP contribution in [0.5, 0.6) is 0 Å². The van der Waals surface area contributed by atoms with E-state index in [1.165, 1.54) is 32.1 Å². The summed E-state index contributed by atoms with van der Waals surface area (Å²) in [7, 11) is 0. The van der Waals surface area contributed by atoms with Crippen molar-refractivity contribution in [3.8, 4) is 0 Å². The quantitative estimate of drug-likeness (QED) is 0.517. The van der Waals surface area contributed by atoms with E-state index in [0.717, 1.165) is 5.82 Å². The first kappa shape index (κ1) is 10.2. The predicted molar refractivity (Wildman–Crippen MR) is 60.3 cm³/mol. The summed E-state index contributed by atoms with van der Waals surface area (Å²) in [6.45, 7) is 0. The number of nitrogens with one attached hydrogen (secondary N) is 2. The first-order valence-corrected chi connectivity index (χ1v) is 5.43. The lowest BCUT2D eigenvalue weighted by Gasteiger charge is -2.23. The van der Waals surface area contributed by atoms with Crippen LogP contribution in [0.15, 0.2) is 12.4 Å². The predicted octanol–water partition coefficient (Wildman–Crippen LogP) is 1.51. The van der Waals surface area contributed by atoms with Crippen LogP contribution in [0.4, 0.5) is 11.6 Å². The Bertz CT molecular complexity index is 308. The van der Waals surface area contributed by atoms with E-state index in [9.17, 15) is 0 Å². The highest BCUT2D eigenvalue weighted by Gasteiger charge is 2.13. The molecule has 0 saturated heterocycles. The number of nitrogen functional groups attached to an aromatic ring is 1. The van der Waals surface area contributed by atoms with Gasteiger partial charge in [-0.25, -0.2) is 10.8 Å². The molecule has 0 bridgehead atoms. The molecule has 5 heteroatoms. The largest absolute Gasteiger partial charge is 0.366 e. The Morgan fingerprint density at radius 2 is 1.87 bits per heavy atom. The molecule has 1 saturated carbocycles. The smallest absolute Gasteiger partial charge is 0.160 e. The van der Waals surface area contributed by atoms with Crippen LogP contribution in [0.25, 0.3) is 0 Å². The number of nitrogens with zero attached hydrogens (tertiary/aromatic N) is 2. The molecule has 4 N–H and O–H groups in total. The van der Waals surface area contributed by atoms with Gasteiger partial charge in [0.05, 0.1) is 12.4 Å². The topological polar surface area (TPSA) is 75.9 Å². The minimum Gasteiger partial charge on any atom is -0.366 e. The number of hydrazine groups is 1. The third-order valence-electron chi connectivity index (χ3n) is 2.74. The summed E-state index contributed by atoms with van der Waals surface area (Å²) >= 11 is 0. The van der Waals surface area contributed by atoms with Crippen LogP contribution in [0, 0.1) is 0 Å². The fourth-order valence-electron chi connectivity index (χ4n) is 1.96. The van der Waals surface area contributed by atoms with Gasteiger partial charge in [-0.15, -0.1) is 0 Å². The maximum Gasteiger partial charge on any atom is 0.160 e. The Balaban J connectivity index is 1.96. The highest BCUT2D eigenvalue weighted by molar-refractivity contribution is 5.41. The highest BCUT2D eigenvalue weighted by Crippen LogP contribution is 2.20. The molecule has 2 rings (SSSR count). The number of aromatic nitrogens is 2. The summed E-state index contributed by atoms with van der Waals surface area (Å²) in [4.78, 5) is 8.33. The third-order valence-corrected chi connectivity index (χ3v) is 2.74. The number of nitrogens with two attached hydrogens (primary N) is 1. The van der Waals surface area contributed by atoms with Crippen molar-refractivity contribution in [3.05, 3.63) is 12.4 Å². The van der Waals surface area contributed by atoms with Crippen molar-refractivity contribution < 1.29 is 0 Å². The van der Waals surface area contributed by atoms with E-state index >= 15 is 0 Å². The Morgan fingerprint density at radius 3 is 2.60 bits per heavy atom. The standard InChI is InChI=1S/C10H17N5/c11-15-10-7-12-6-9(14-10)13-8-4-2-1-3-5-8/h6-8H,1-5,11H2,(H2,13,14,15). The molecule has 1 aromatic heterocycles. The molecule has 82 valence electrons. The Labute approximate surface area is 89.5 Å². The van der Waals surface area contributed by atoms with Gasteiger partial charge >= 0.3 is 0 Å². The minimum absolute atomic E-state index is 0.543. The van der Waals surface area contributed by atoms with E-state index in [2.05, 4.69) is 20.7 Å². The number of rotatable bonds is 3. The Hall–Kier alpha value is -1.36. The first-order valence-electron chi connectivity index (χ1n) is 5.43. The second-order valence-electron chi connectivity index (χ2n) is 3.91. The normalized spacial score (nSPS) is 17.4. The molecular weight excluding hydrogens is 190 g/mol. The van der Waals surface area contributed by atoms with Crippen LogP contribution < -0.4 is 16.6 Å². The molecule has 0 unspecified atom stereocenters. The fourth-order valence-corrected chi connectivity index (χ4v) is 1.96. The zero-order valence-electron chi connectivity index (χ0n) is 8.74. The Kier molecular flexibility index (Phi) is 3.34. The molecule has 15 heavy (non-hydrogen) atoms. The zero-order valence-corrected chi connectivity index (χ0v) is 8.74. The van der Waals surface area contributed by atoms with Crippen molar-refractivity contribution in [1.29, 1.82) is 0 Å². The molecule has 0 radical (unpaired) electrons. The van der Waals surface area contributed by atoms with Crippen LogP contribution in [0.2, 0.25) is 0 Å². The van der Waals surface area contributed by atoms with Crippen molar-refractivity contribution in [2.24, 2.45) is 5.84 Å². The molecule has 0 amide bonds. The van der Waals surface area contributed by atoms with Crippen molar-refractivity contribution in [2.45, 2.75) is 38.1 Å². The van der Waals surface area contributed by atoms with Crippen molar-refractivity contribution in [2.75, 3.05) is 10.7 Å². The van der Waals surface area contributed by atoms with Gasteiger partial charge in [0.15, 0.2) is 5.82 Å². The first-order chi connectivity index (χ1) is 7.38. The zero-order chi connectivity index (χ0) is 10.5. The summed E-state index contributed by atoms with van der Waals surface area (Å²) in [5.74, 6) is 6.67. The monoisotopic (exact) mass is 207 g/mol. The van der Waals surface area contributed by atoms with Crippen LogP contribution >= 0.6 is 0 Å². The summed E-state index contributed by atoms with van der Waals surface area (Å²) < 4.78 is 0. The molecule has 0 aliphatic heterocycles. The third kappa shape index (κ3) is 2.79. The SMILES string of the molecule is NNc1cncc(NC2CCCCC2)n1. The van der Waals surface area contributed by atoms with Gasteiger partial charge in [0.2, 0.25) is 0 Å². The molecular formula is C10H17N5. The van der Waals surface area contributed by atoms with E-state index in [1.54, 1.807) is 12.4 Å². The van der Waals surface area contributed by atoms with Crippen molar-refractivity contribution in [1.82, 2.24) is 9.97 Å². The molecule has 1 fully saturated rings. The van der Waals surface area contributed by atoms with Gasteiger partial charge in [-0.1, -0.05) is 19.3 Å². The second-order valence-corrected chi connectivity index (χ2v) is 3.91. The van der Waals surface area contributed by atoms with Gasteiger partial charge in [0.1, 0.15) is 5.82 Å². The molecule has 1 aromatic rings. The van der Waals surface area contributed by atoms with Gasteiger partial charge < -0.3 is 10.7 Å². The fraction of sp³-hybridized carbons (Fsp3) is 0.600. The summed E-state index contributed by atoms with van der Waals surface area (Å²) in [5, 5.41) is 3.39. The summed E-state index contributed by atoms with van der Waals surface area (Å²) in [6.07, 6.45) is 9.75. The van der Waals surface area contributed by atoms with Crippen molar-refractivity contribution >= 4 is 11.6 Å². The molecule has 1 aliphatic carbocycles. The lowest BCUT2D eigenvalue weighted by atomic mass is 9.96. The lowest BCUT2D eigenvalue weighted by Crippen LogP contribution is -2.23. The van der Waals surface area contributed by atoms with Gasteiger partial charge in [-0.2, -0.15) is 0 Å². The summed E-state index contributed by atoms with van der Waals surface area (Å²) in [6, 6.07) is 0.543. The van der Waals surface area contributed by atoms with Crippen LogP contribution in [0.3, 0.4) is 0 Å². The molecule has 0 spiro atoms. The van der Waals surface area contributed by atoms with E-state index in [-0.39, 0.29) is 0 Å². The molecule has 0 atom stereocenters. The van der Waals surface area contributed by atoms with Gasteiger partial charge in [0.25, 0.3) is 0 Å². The minimum atomic E-state index is 0.543. The van der Waals surface area contributed by atoms with Gasteiger partial charge in [-0.3, -0.25) is 4.98 Å². The average Bonchev–Trinajstić information content (AvgIpc) is 2.31. The number of hydrogen-bond acceptors (Lipinski definition) is 5. The van der Waals surface area contributed by atoms with Crippen molar-refractivity contribution in [3.63, 3.8) is 0 Å². The van der Waals surface area contributed by atoms with E-state index in [1.807, 2.05) is 0 Å². The number of hydrogen-bond donors (Lipinski definition) is 3. The van der Waals surface area contributed by atoms with E-state index in [4.69, 9.17) is 5.84 Å². The maximum atomic E-state index is 5.27. The number of anilines is 2. The van der Waals surface area contributed by atoms with Gasteiger partial charge in [-0.05, 0) is 12.8 Å². The van der Waals surface area contributed by atoms with Crippen LogP contribution in [0.1, 0.15) is 32.1 Å².